The van der Waals surface area contributed by atoms with Gasteiger partial charge >= 0.3 is 0 Å². The predicted octanol–water partition coefficient (Wildman–Crippen LogP) is 3.58. The van der Waals surface area contributed by atoms with Gasteiger partial charge < -0.3 is 4.40 Å². The van der Waals surface area contributed by atoms with Gasteiger partial charge in [-0.2, -0.15) is 0 Å². The van der Waals surface area contributed by atoms with E-state index in [4.69, 9.17) is 4.98 Å². The van der Waals surface area contributed by atoms with Gasteiger partial charge in [0.1, 0.15) is 5.65 Å². The third kappa shape index (κ3) is 1.73. The molecule has 0 spiro atoms. The minimum Gasteiger partial charge on any atom is -0.305 e. The molecule has 2 rings (SSSR count). The van der Waals surface area contributed by atoms with E-state index in [2.05, 4.69) is 50.4 Å². The van der Waals surface area contributed by atoms with Crippen LogP contribution in [0, 0.1) is 0 Å². The summed E-state index contributed by atoms with van der Waals surface area (Å²) in [4.78, 5) is 4.78. The molecular weight excluding hydrogens is 196 g/mol. The number of fused-ring (bicyclic) bond motifs is 1. The second kappa shape index (κ2) is 4.28. The lowest BCUT2D eigenvalue weighted by Gasteiger charge is -2.06. The van der Waals surface area contributed by atoms with Crippen molar-refractivity contribution >= 4 is 5.65 Å². The number of hydrogen-bond donors (Lipinski definition) is 0. The van der Waals surface area contributed by atoms with E-state index in [0.717, 1.165) is 18.5 Å². The largest absolute Gasteiger partial charge is 0.305 e. The van der Waals surface area contributed by atoms with Gasteiger partial charge in [-0.1, -0.05) is 27.7 Å². The van der Waals surface area contributed by atoms with Crippen molar-refractivity contribution in [1.82, 2.24) is 9.38 Å². The Kier molecular flexibility index (Phi) is 2.99. The van der Waals surface area contributed by atoms with Gasteiger partial charge in [0, 0.05) is 17.6 Å². The predicted molar refractivity (Wildman–Crippen MR) is 68.0 cm³/mol. The first kappa shape index (κ1) is 11.2. The zero-order valence-electron chi connectivity index (χ0n) is 10.6. The summed E-state index contributed by atoms with van der Waals surface area (Å²) in [6.07, 6.45) is 4.28. The van der Waals surface area contributed by atoms with Gasteiger partial charge in [-0.15, -0.1) is 0 Å². The van der Waals surface area contributed by atoms with Crippen LogP contribution in [-0.4, -0.2) is 9.38 Å². The van der Waals surface area contributed by atoms with Crippen LogP contribution in [0.3, 0.4) is 0 Å². The van der Waals surface area contributed by atoms with Gasteiger partial charge in [-0.25, -0.2) is 4.98 Å². The van der Waals surface area contributed by atoms with Crippen LogP contribution in [0.1, 0.15) is 50.6 Å². The maximum atomic E-state index is 4.78. The molecule has 2 aromatic rings. The van der Waals surface area contributed by atoms with Crippen LogP contribution in [0.5, 0.6) is 0 Å². The maximum absolute atomic E-state index is 4.78. The fourth-order valence-corrected chi connectivity index (χ4v) is 2.08. The van der Waals surface area contributed by atoms with Gasteiger partial charge in [-0.05, 0) is 36.5 Å². The average molecular weight is 216 g/mol. The monoisotopic (exact) mass is 216 g/mol. The highest BCUT2D eigenvalue weighted by molar-refractivity contribution is 5.52. The summed E-state index contributed by atoms with van der Waals surface area (Å²) in [5.74, 6) is 0.495. The van der Waals surface area contributed by atoms with Gasteiger partial charge in [0.05, 0.1) is 0 Å². The molecule has 2 heteroatoms. The van der Waals surface area contributed by atoms with E-state index in [0.29, 0.717) is 5.92 Å². The number of hydrogen-bond acceptors (Lipinski definition) is 1. The average Bonchev–Trinajstić information content (AvgIpc) is 2.65. The molecule has 86 valence electrons. The van der Waals surface area contributed by atoms with Crippen LogP contribution < -0.4 is 0 Å². The molecule has 16 heavy (non-hydrogen) atoms. The van der Waals surface area contributed by atoms with Crippen molar-refractivity contribution in [2.24, 2.45) is 0 Å². The van der Waals surface area contributed by atoms with Crippen LogP contribution >= 0.6 is 0 Å². The van der Waals surface area contributed by atoms with Gasteiger partial charge in [0.15, 0.2) is 0 Å². The highest BCUT2D eigenvalue weighted by Gasteiger charge is 2.09. The zero-order valence-corrected chi connectivity index (χ0v) is 10.6. The summed E-state index contributed by atoms with van der Waals surface area (Å²) in [5, 5.41) is 0. The summed E-state index contributed by atoms with van der Waals surface area (Å²) in [5.41, 5.74) is 5.04. The Bertz CT molecular complexity index is 495. The number of nitrogens with zero attached hydrogens (tertiary/aromatic N) is 2. The fraction of sp³-hybridized carbons (Fsp3) is 0.500. The minimum absolute atomic E-state index is 0.495. The van der Waals surface area contributed by atoms with Crippen molar-refractivity contribution in [3.8, 4) is 0 Å². The molecule has 0 radical (unpaired) electrons. The van der Waals surface area contributed by atoms with E-state index in [1.807, 2.05) is 0 Å². The van der Waals surface area contributed by atoms with Crippen molar-refractivity contribution in [3.05, 3.63) is 35.3 Å². The van der Waals surface area contributed by atoms with Crippen LogP contribution in [0.4, 0.5) is 0 Å². The Morgan fingerprint density at radius 3 is 2.56 bits per heavy atom. The lowest BCUT2D eigenvalue weighted by atomic mass is 10.1. The summed E-state index contributed by atoms with van der Waals surface area (Å²) < 4.78 is 2.23. The third-order valence-corrected chi connectivity index (χ3v) is 3.13. The molecule has 0 aromatic carbocycles. The normalized spacial score (nSPS) is 11.6. The van der Waals surface area contributed by atoms with Crippen LogP contribution in [-0.2, 0) is 12.8 Å². The molecule has 0 saturated carbocycles. The summed E-state index contributed by atoms with van der Waals surface area (Å²) in [6, 6.07) is 4.42. The molecule has 0 bridgehead atoms. The van der Waals surface area contributed by atoms with E-state index >= 15 is 0 Å². The second-order valence-corrected chi connectivity index (χ2v) is 4.57. The topological polar surface area (TPSA) is 17.3 Å². The molecule has 0 saturated heterocycles. The molecular formula is C14H20N2. The number of aryl methyl sites for hydroxylation is 2. The third-order valence-electron chi connectivity index (χ3n) is 3.13. The molecule has 0 fully saturated rings. The minimum atomic E-state index is 0.495. The molecule has 0 aliphatic carbocycles. The SMILES string of the molecule is CCc1cc(CC)n2ccc(C(C)C)nc12. The van der Waals surface area contributed by atoms with Crippen LogP contribution in [0.2, 0.25) is 0 Å². The highest BCUT2D eigenvalue weighted by Crippen LogP contribution is 2.19. The van der Waals surface area contributed by atoms with Crippen LogP contribution in [0.15, 0.2) is 18.3 Å². The first-order chi connectivity index (χ1) is 7.67. The first-order valence-corrected chi connectivity index (χ1v) is 6.17. The Hall–Kier alpha value is -1.31. The fourth-order valence-electron chi connectivity index (χ4n) is 2.08. The molecule has 0 N–H and O–H groups in total. The smallest absolute Gasteiger partial charge is 0.140 e. The van der Waals surface area contributed by atoms with Crippen molar-refractivity contribution in [1.29, 1.82) is 0 Å². The summed E-state index contributed by atoms with van der Waals surface area (Å²) >= 11 is 0. The van der Waals surface area contributed by atoms with Crippen molar-refractivity contribution in [2.45, 2.75) is 46.5 Å². The Morgan fingerprint density at radius 1 is 1.25 bits per heavy atom. The Morgan fingerprint density at radius 2 is 2.00 bits per heavy atom. The molecule has 0 unspecified atom stereocenters. The van der Waals surface area contributed by atoms with E-state index in [1.165, 1.54) is 17.0 Å². The van der Waals surface area contributed by atoms with Gasteiger partial charge in [0.25, 0.3) is 0 Å². The van der Waals surface area contributed by atoms with E-state index < -0.39 is 0 Å². The lowest BCUT2D eigenvalue weighted by Crippen LogP contribution is -1.98. The molecule has 0 aliphatic heterocycles. The molecule has 0 atom stereocenters. The first-order valence-electron chi connectivity index (χ1n) is 6.17. The standard InChI is InChI=1S/C14H20N2/c1-5-11-9-12(6-2)16-8-7-13(10(3)4)15-14(11)16/h7-10H,5-6H2,1-4H3. The Labute approximate surface area is 97.3 Å². The quantitative estimate of drug-likeness (QED) is 0.766. The van der Waals surface area contributed by atoms with Crippen molar-refractivity contribution in [2.75, 3.05) is 0 Å². The molecule has 2 heterocycles. The van der Waals surface area contributed by atoms with E-state index in [1.54, 1.807) is 0 Å². The second-order valence-electron chi connectivity index (χ2n) is 4.57. The molecule has 2 nitrogen and oxygen atoms in total. The van der Waals surface area contributed by atoms with E-state index in [9.17, 15) is 0 Å². The van der Waals surface area contributed by atoms with Gasteiger partial charge in [-0.3, -0.25) is 0 Å². The molecule has 0 aliphatic rings. The zero-order chi connectivity index (χ0) is 11.7. The molecule has 2 aromatic heterocycles. The van der Waals surface area contributed by atoms with E-state index in [-0.39, 0.29) is 0 Å². The number of aromatic nitrogens is 2. The van der Waals surface area contributed by atoms with Gasteiger partial charge in [0.2, 0.25) is 0 Å². The lowest BCUT2D eigenvalue weighted by molar-refractivity contribution is 0.814. The van der Waals surface area contributed by atoms with Crippen molar-refractivity contribution < 1.29 is 0 Å². The number of rotatable bonds is 3. The van der Waals surface area contributed by atoms with Crippen molar-refractivity contribution in [3.63, 3.8) is 0 Å². The highest BCUT2D eigenvalue weighted by atomic mass is 15.0. The maximum Gasteiger partial charge on any atom is 0.140 e. The Balaban J connectivity index is 2.66. The summed E-state index contributed by atoms with van der Waals surface area (Å²) in [6.45, 7) is 8.76. The molecule has 0 amide bonds. The van der Waals surface area contributed by atoms with Crippen LogP contribution in [0.25, 0.3) is 5.65 Å². The summed E-state index contributed by atoms with van der Waals surface area (Å²) in [7, 11) is 0.